The fraction of sp³-hybridized carbons (Fsp3) is 0.235. The standard InChI is InChI=1S/C17H17NO2/c1-3-4-13-5-8-15(9-6-13)20-17-11-16(19-2)10-7-14(17)12-18/h5-11H,3-4H2,1-2H3. The van der Waals surface area contributed by atoms with E-state index in [1.54, 1.807) is 25.3 Å². The van der Waals surface area contributed by atoms with Crippen molar-refractivity contribution in [2.24, 2.45) is 0 Å². The summed E-state index contributed by atoms with van der Waals surface area (Å²) in [7, 11) is 1.59. The fourth-order valence-corrected chi connectivity index (χ4v) is 1.95. The minimum absolute atomic E-state index is 0.489. The van der Waals surface area contributed by atoms with E-state index in [4.69, 9.17) is 14.7 Å². The average molecular weight is 267 g/mol. The number of aryl methyl sites for hydroxylation is 1. The van der Waals surface area contributed by atoms with Crippen LogP contribution in [-0.4, -0.2) is 7.11 Å². The zero-order chi connectivity index (χ0) is 14.4. The summed E-state index contributed by atoms with van der Waals surface area (Å²) >= 11 is 0. The summed E-state index contributed by atoms with van der Waals surface area (Å²) in [5.74, 6) is 1.89. The molecule has 0 aliphatic heterocycles. The van der Waals surface area contributed by atoms with Crippen molar-refractivity contribution in [3.05, 3.63) is 53.6 Å². The Morgan fingerprint density at radius 2 is 1.75 bits per heavy atom. The molecule has 2 aromatic carbocycles. The first-order valence-electron chi connectivity index (χ1n) is 6.61. The molecule has 0 saturated heterocycles. The molecule has 0 unspecified atom stereocenters. The van der Waals surface area contributed by atoms with E-state index < -0.39 is 0 Å². The van der Waals surface area contributed by atoms with Gasteiger partial charge in [0.25, 0.3) is 0 Å². The van der Waals surface area contributed by atoms with Crippen molar-refractivity contribution in [3.8, 4) is 23.3 Å². The van der Waals surface area contributed by atoms with Crippen molar-refractivity contribution in [3.63, 3.8) is 0 Å². The number of nitriles is 1. The van der Waals surface area contributed by atoms with E-state index in [1.165, 1.54) is 5.56 Å². The smallest absolute Gasteiger partial charge is 0.148 e. The van der Waals surface area contributed by atoms with Crippen molar-refractivity contribution in [1.82, 2.24) is 0 Å². The van der Waals surface area contributed by atoms with Gasteiger partial charge in [-0.1, -0.05) is 25.5 Å². The molecular weight excluding hydrogens is 250 g/mol. The Morgan fingerprint density at radius 3 is 2.35 bits per heavy atom. The van der Waals surface area contributed by atoms with Crippen molar-refractivity contribution in [2.75, 3.05) is 7.11 Å². The third-order valence-corrected chi connectivity index (χ3v) is 3.00. The highest BCUT2D eigenvalue weighted by Crippen LogP contribution is 2.29. The van der Waals surface area contributed by atoms with Gasteiger partial charge in [-0.25, -0.2) is 0 Å². The van der Waals surface area contributed by atoms with Crippen LogP contribution >= 0.6 is 0 Å². The van der Waals surface area contributed by atoms with Crippen LogP contribution in [0.3, 0.4) is 0 Å². The summed E-state index contributed by atoms with van der Waals surface area (Å²) in [4.78, 5) is 0. The highest BCUT2D eigenvalue weighted by Gasteiger charge is 2.06. The third kappa shape index (κ3) is 3.30. The molecule has 0 saturated carbocycles. The lowest BCUT2D eigenvalue weighted by atomic mass is 10.1. The van der Waals surface area contributed by atoms with E-state index in [2.05, 4.69) is 13.0 Å². The summed E-state index contributed by atoms with van der Waals surface area (Å²) in [5, 5.41) is 9.10. The highest BCUT2D eigenvalue weighted by atomic mass is 16.5. The zero-order valence-corrected chi connectivity index (χ0v) is 11.7. The molecule has 2 rings (SSSR count). The number of methoxy groups -OCH3 is 1. The normalized spacial score (nSPS) is 9.85. The van der Waals surface area contributed by atoms with E-state index in [1.807, 2.05) is 24.3 Å². The Bertz CT molecular complexity index is 612. The molecule has 2 aromatic rings. The summed E-state index contributed by atoms with van der Waals surface area (Å²) < 4.78 is 10.9. The predicted molar refractivity (Wildman–Crippen MR) is 78.2 cm³/mol. The number of benzene rings is 2. The molecule has 0 aliphatic rings. The van der Waals surface area contributed by atoms with E-state index in [0.717, 1.165) is 18.6 Å². The van der Waals surface area contributed by atoms with Gasteiger partial charge in [-0.3, -0.25) is 0 Å². The molecule has 102 valence electrons. The predicted octanol–water partition coefficient (Wildman–Crippen LogP) is 4.31. The van der Waals surface area contributed by atoms with Gasteiger partial charge >= 0.3 is 0 Å². The van der Waals surface area contributed by atoms with E-state index >= 15 is 0 Å². The van der Waals surface area contributed by atoms with Gasteiger partial charge in [0.2, 0.25) is 0 Å². The van der Waals surface area contributed by atoms with Gasteiger partial charge in [-0.2, -0.15) is 5.26 Å². The lowest BCUT2D eigenvalue weighted by molar-refractivity contribution is 0.409. The topological polar surface area (TPSA) is 42.2 Å². The van der Waals surface area contributed by atoms with Gasteiger partial charge in [-0.15, -0.1) is 0 Å². The number of nitrogens with zero attached hydrogens (tertiary/aromatic N) is 1. The lowest BCUT2D eigenvalue weighted by Crippen LogP contribution is -1.91. The number of ether oxygens (including phenoxy) is 2. The molecule has 0 aromatic heterocycles. The highest BCUT2D eigenvalue weighted by molar-refractivity contribution is 5.49. The molecule has 3 heteroatoms. The molecule has 0 aliphatic carbocycles. The van der Waals surface area contributed by atoms with Crippen LogP contribution in [0.2, 0.25) is 0 Å². The number of hydrogen-bond acceptors (Lipinski definition) is 3. The minimum atomic E-state index is 0.489. The second-order valence-corrected chi connectivity index (χ2v) is 4.47. The van der Waals surface area contributed by atoms with Gasteiger partial charge in [0.05, 0.1) is 12.7 Å². The average Bonchev–Trinajstić information content (AvgIpc) is 2.49. The van der Waals surface area contributed by atoms with Gasteiger partial charge in [0, 0.05) is 6.07 Å². The van der Waals surface area contributed by atoms with Gasteiger partial charge in [0.1, 0.15) is 23.3 Å². The SMILES string of the molecule is CCCc1ccc(Oc2cc(OC)ccc2C#N)cc1. The quantitative estimate of drug-likeness (QED) is 0.810. The molecule has 0 amide bonds. The fourth-order valence-electron chi connectivity index (χ4n) is 1.95. The Labute approximate surface area is 119 Å². The van der Waals surface area contributed by atoms with Gasteiger partial charge in [-0.05, 0) is 36.2 Å². The van der Waals surface area contributed by atoms with Crippen LogP contribution < -0.4 is 9.47 Å². The molecule has 0 spiro atoms. The molecule has 0 fully saturated rings. The first-order valence-corrected chi connectivity index (χ1v) is 6.61. The largest absolute Gasteiger partial charge is 0.497 e. The van der Waals surface area contributed by atoms with E-state index in [0.29, 0.717) is 17.1 Å². The maximum atomic E-state index is 9.10. The van der Waals surface area contributed by atoms with Crippen LogP contribution in [0.4, 0.5) is 0 Å². The lowest BCUT2D eigenvalue weighted by Gasteiger charge is -2.09. The maximum Gasteiger partial charge on any atom is 0.148 e. The van der Waals surface area contributed by atoms with Gasteiger partial charge < -0.3 is 9.47 Å². The first kappa shape index (κ1) is 14.0. The molecular formula is C17H17NO2. The summed E-state index contributed by atoms with van der Waals surface area (Å²) in [6, 6.07) is 15.2. The summed E-state index contributed by atoms with van der Waals surface area (Å²) in [6.45, 7) is 2.15. The minimum Gasteiger partial charge on any atom is -0.497 e. The number of rotatable bonds is 5. The van der Waals surface area contributed by atoms with Crippen LogP contribution in [-0.2, 0) is 6.42 Å². The summed E-state index contributed by atoms with van der Waals surface area (Å²) in [6.07, 6.45) is 2.18. The summed E-state index contributed by atoms with van der Waals surface area (Å²) in [5.41, 5.74) is 1.77. The van der Waals surface area contributed by atoms with Crippen LogP contribution in [0.1, 0.15) is 24.5 Å². The molecule has 3 nitrogen and oxygen atoms in total. The Balaban J connectivity index is 2.22. The molecule has 0 radical (unpaired) electrons. The van der Waals surface area contributed by atoms with Crippen molar-refractivity contribution in [1.29, 1.82) is 5.26 Å². The third-order valence-electron chi connectivity index (χ3n) is 3.00. The molecule has 0 heterocycles. The molecule has 0 atom stereocenters. The van der Waals surface area contributed by atoms with Gasteiger partial charge in [0.15, 0.2) is 0 Å². The molecule has 20 heavy (non-hydrogen) atoms. The van der Waals surface area contributed by atoms with Crippen molar-refractivity contribution >= 4 is 0 Å². The maximum absolute atomic E-state index is 9.10. The van der Waals surface area contributed by atoms with E-state index in [-0.39, 0.29) is 0 Å². The number of hydrogen-bond donors (Lipinski definition) is 0. The van der Waals surface area contributed by atoms with Crippen LogP contribution in [0, 0.1) is 11.3 Å². The molecule has 0 bridgehead atoms. The Kier molecular flexibility index (Phi) is 4.62. The van der Waals surface area contributed by atoms with Crippen LogP contribution in [0.25, 0.3) is 0 Å². The van der Waals surface area contributed by atoms with Crippen molar-refractivity contribution < 1.29 is 9.47 Å². The Hall–Kier alpha value is -2.47. The zero-order valence-electron chi connectivity index (χ0n) is 11.7. The van der Waals surface area contributed by atoms with Crippen LogP contribution in [0.5, 0.6) is 17.2 Å². The first-order chi connectivity index (χ1) is 9.76. The monoisotopic (exact) mass is 267 g/mol. The van der Waals surface area contributed by atoms with Crippen LogP contribution in [0.15, 0.2) is 42.5 Å². The second-order valence-electron chi connectivity index (χ2n) is 4.47. The van der Waals surface area contributed by atoms with E-state index in [9.17, 15) is 0 Å². The molecule has 0 N–H and O–H groups in total. The van der Waals surface area contributed by atoms with Crippen molar-refractivity contribution in [2.45, 2.75) is 19.8 Å². The second kappa shape index (κ2) is 6.63. The Morgan fingerprint density at radius 1 is 1.05 bits per heavy atom.